The monoisotopic (exact) mass is 501 g/mol. The predicted octanol–water partition coefficient (Wildman–Crippen LogP) is 9.55. The minimum absolute atomic E-state index is 0.109. The van der Waals surface area contributed by atoms with E-state index >= 15 is 0 Å². The second-order valence-corrected chi connectivity index (χ2v) is 6.97. The van der Waals surface area contributed by atoms with Crippen molar-refractivity contribution >= 4 is 11.6 Å². The van der Waals surface area contributed by atoms with E-state index in [1.54, 1.807) is 6.92 Å². The number of rotatable bonds is 8. The number of aromatic nitrogens is 1. The molecule has 0 bridgehead atoms. The van der Waals surface area contributed by atoms with E-state index in [0.29, 0.717) is 5.69 Å². The quantitative estimate of drug-likeness (QED) is 0.201. The van der Waals surface area contributed by atoms with Gasteiger partial charge < -0.3 is 4.74 Å². The number of ether oxygens (including phenoxy) is 1. The van der Waals surface area contributed by atoms with E-state index in [-0.39, 0.29) is 11.1 Å². The van der Waals surface area contributed by atoms with Crippen LogP contribution in [-0.2, 0) is 10.9 Å². The molecule has 1 heterocycles. The molecular formula is C24H34ClF6NO. The highest BCUT2D eigenvalue weighted by Gasteiger charge is 2.34. The molecule has 1 rings (SSSR count). The van der Waals surface area contributed by atoms with Crippen LogP contribution >= 0.6 is 11.6 Å². The van der Waals surface area contributed by atoms with Crippen molar-refractivity contribution in [2.75, 3.05) is 0 Å². The fourth-order valence-corrected chi connectivity index (χ4v) is 2.66. The molecule has 0 unspecified atom stereocenters. The number of alkyl halides is 6. The van der Waals surface area contributed by atoms with E-state index in [9.17, 15) is 26.3 Å². The third kappa shape index (κ3) is 15.5. The first-order valence-corrected chi connectivity index (χ1v) is 11.2. The molecule has 1 aromatic heterocycles. The molecule has 9 heteroatoms. The van der Waals surface area contributed by atoms with Gasteiger partial charge in [0.25, 0.3) is 0 Å². The lowest BCUT2D eigenvalue weighted by atomic mass is 10.1. The van der Waals surface area contributed by atoms with E-state index in [1.807, 2.05) is 13.8 Å². The summed E-state index contributed by atoms with van der Waals surface area (Å²) in [6, 6.07) is 2.35. The number of aryl methyl sites for hydroxylation is 1. The molecule has 1 aromatic rings. The summed E-state index contributed by atoms with van der Waals surface area (Å²) in [6.45, 7) is 11.1. The van der Waals surface area contributed by atoms with Gasteiger partial charge in [0.2, 0.25) is 0 Å². The molecule has 0 amide bonds. The summed E-state index contributed by atoms with van der Waals surface area (Å²) in [6.07, 6.45) is 1.04. The number of pyridine rings is 1. The molecule has 190 valence electrons. The van der Waals surface area contributed by atoms with Crippen LogP contribution in [0.2, 0.25) is 0 Å². The summed E-state index contributed by atoms with van der Waals surface area (Å²) in [5.74, 6) is 0. The summed E-state index contributed by atoms with van der Waals surface area (Å²) in [7, 11) is 0. The molecule has 2 nitrogen and oxygen atoms in total. The van der Waals surface area contributed by atoms with Crippen molar-refractivity contribution in [2.45, 2.75) is 85.7 Å². The van der Waals surface area contributed by atoms with Gasteiger partial charge in [0.05, 0.1) is 28.5 Å². The summed E-state index contributed by atoms with van der Waals surface area (Å²) < 4.78 is 78.8. The number of allylic oxidation sites excluding steroid dienone is 5. The fourth-order valence-electron chi connectivity index (χ4n) is 2.37. The van der Waals surface area contributed by atoms with E-state index in [1.165, 1.54) is 31.4 Å². The van der Waals surface area contributed by atoms with E-state index < -0.39 is 23.5 Å². The summed E-state index contributed by atoms with van der Waals surface area (Å²) >= 11 is 5.64. The minimum atomic E-state index is -4.44. The van der Waals surface area contributed by atoms with Crippen LogP contribution in [0.4, 0.5) is 26.3 Å². The van der Waals surface area contributed by atoms with Crippen molar-refractivity contribution < 1.29 is 31.1 Å². The molecule has 0 fully saturated rings. The van der Waals surface area contributed by atoms with Crippen LogP contribution in [0.15, 0.2) is 53.4 Å². The molecule has 0 aliphatic heterocycles. The van der Waals surface area contributed by atoms with Crippen LogP contribution in [0.3, 0.4) is 0 Å². The van der Waals surface area contributed by atoms with Gasteiger partial charge in [-0.25, -0.2) is 0 Å². The Morgan fingerprint density at radius 2 is 1.61 bits per heavy atom. The maximum absolute atomic E-state index is 12.6. The Labute approximate surface area is 198 Å². The van der Waals surface area contributed by atoms with Crippen LogP contribution in [0, 0.1) is 6.92 Å². The molecule has 0 spiro atoms. The molecule has 0 saturated heterocycles. The van der Waals surface area contributed by atoms with Crippen LogP contribution in [0.25, 0.3) is 0 Å². The normalized spacial score (nSPS) is 12.8. The lowest BCUT2D eigenvalue weighted by Gasteiger charge is -2.14. The first kappa shape index (κ1) is 33.2. The van der Waals surface area contributed by atoms with Crippen molar-refractivity contribution in [3.05, 3.63) is 64.7 Å². The molecule has 0 aliphatic rings. The summed E-state index contributed by atoms with van der Waals surface area (Å²) in [4.78, 5) is 3.53. The molecule has 0 aliphatic carbocycles. The Bertz CT molecular complexity index is 716. The van der Waals surface area contributed by atoms with Crippen LogP contribution in [0.5, 0.6) is 0 Å². The average molecular weight is 502 g/mol. The topological polar surface area (TPSA) is 22.1 Å². The molecule has 33 heavy (non-hydrogen) atoms. The van der Waals surface area contributed by atoms with Crippen molar-refractivity contribution in [3.8, 4) is 0 Å². The molecule has 0 N–H and O–H groups in total. The summed E-state index contributed by atoms with van der Waals surface area (Å²) in [5, 5.41) is -0.345. The zero-order valence-electron chi connectivity index (χ0n) is 19.9. The number of nitrogens with zero attached hydrogens (tertiary/aromatic N) is 1. The second-order valence-electron chi connectivity index (χ2n) is 6.56. The van der Waals surface area contributed by atoms with Gasteiger partial charge in [-0.1, -0.05) is 58.2 Å². The van der Waals surface area contributed by atoms with Gasteiger partial charge in [-0.05, 0) is 51.0 Å². The highest BCUT2D eigenvalue weighted by Crippen LogP contribution is 2.33. The highest BCUT2D eigenvalue weighted by atomic mass is 35.5. The Morgan fingerprint density at radius 1 is 1.06 bits per heavy atom. The Kier molecular flexibility index (Phi) is 17.6. The second kappa shape index (κ2) is 17.5. The Balaban J connectivity index is 0. The average Bonchev–Trinajstić information content (AvgIpc) is 2.72. The molecule has 0 radical (unpaired) electrons. The van der Waals surface area contributed by atoms with E-state index in [4.69, 9.17) is 16.3 Å². The maximum atomic E-state index is 12.6. The zero-order chi connectivity index (χ0) is 26.1. The number of halogens is 7. The van der Waals surface area contributed by atoms with Crippen LogP contribution in [0.1, 0.15) is 71.6 Å². The Hall–Kier alpha value is -1.96. The Morgan fingerprint density at radius 3 is 1.97 bits per heavy atom. The van der Waals surface area contributed by atoms with E-state index in [0.717, 1.165) is 44.0 Å². The highest BCUT2D eigenvalue weighted by molar-refractivity contribution is 6.32. The predicted molar refractivity (Wildman–Crippen MR) is 123 cm³/mol. The maximum Gasteiger partial charge on any atom is 0.417 e. The fraction of sp³-hybridized carbons (Fsp3) is 0.542. The van der Waals surface area contributed by atoms with Gasteiger partial charge in [-0.2, -0.15) is 26.3 Å². The lowest BCUT2D eigenvalue weighted by molar-refractivity contribution is -0.137. The van der Waals surface area contributed by atoms with Gasteiger partial charge in [-0.3, -0.25) is 4.98 Å². The minimum Gasteiger partial charge on any atom is -0.498 e. The van der Waals surface area contributed by atoms with E-state index in [2.05, 4.69) is 18.8 Å². The smallest absolute Gasteiger partial charge is 0.417 e. The third-order valence-corrected chi connectivity index (χ3v) is 4.23. The van der Waals surface area contributed by atoms with Crippen molar-refractivity contribution in [2.24, 2.45) is 0 Å². The first-order chi connectivity index (χ1) is 15.4. The van der Waals surface area contributed by atoms with Crippen LogP contribution < -0.4 is 0 Å². The van der Waals surface area contributed by atoms with Crippen molar-refractivity contribution in [3.63, 3.8) is 0 Å². The number of hydrogen-bond acceptors (Lipinski definition) is 2. The molecule has 0 atom stereocenters. The van der Waals surface area contributed by atoms with Gasteiger partial charge in [0.1, 0.15) is 0 Å². The molecule has 0 saturated carbocycles. The van der Waals surface area contributed by atoms with Crippen molar-refractivity contribution in [1.82, 2.24) is 4.98 Å². The van der Waals surface area contributed by atoms with Gasteiger partial charge in [-0.15, -0.1) is 0 Å². The zero-order valence-corrected chi connectivity index (χ0v) is 20.7. The molecular weight excluding hydrogens is 468 g/mol. The standard InChI is InChI=1S/C15H22ClF3O.C7H6F3N.C2H6/c1-4-8-12(9-5-2)20-11-7-10-14(16)13(6-3)15(17,18)19;1-5-2-3-6(4-11-5)7(8,9)10;1-2/h6-7,10-12H,4-5,8-9H2,1-3H3;2-4H,1H3;1-2H3/b11-7+,13-6+,14-10+;;. The largest absolute Gasteiger partial charge is 0.498 e. The van der Waals surface area contributed by atoms with Crippen LogP contribution in [-0.4, -0.2) is 17.3 Å². The SMILES string of the molecule is CC.C\C=C(/C(Cl)=C\C=C\OC(CCC)CCC)C(F)(F)F.Cc1ccc(C(F)(F)F)cn1. The lowest BCUT2D eigenvalue weighted by Crippen LogP contribution is -2.11. The summed E-state index contributed by atoms with van der Waals surface area (Å²) in [5.41, 5.74) is -0.969. The third-order valence-electron chi connectivity index (χ3n) is 3.90. The van der Waals surface area contributed by atoms with Crippen molar-refractivity contribution in [1.29, 1.82) is 0 Å². The first-order valence-electron chi connectivity index (χ1n) is 10.8. The molecule has 0 aromatic carbocycles. The van der Waals surface area contributed by atoms with Gasteiger partial charge >= 0.3 is 12.4 Å². The number of hydrogen-bond donors (Lipinski definition) is 0. The van der Waals surface area contributed by atoms with Gasteiger partial charge in [0, 0.05) is 11.9 Å². The van der Waals surface area contributed by atoms with Gasteiger partial charge in [0.15, 0.2) is 0 Å².